The van der Waals surface area contributed by atoms with Gasteiger partial charge in [0, 0.05) is 24.2 Å². The number of ether oxygens (including phenoxy) is 2. The molecular formula is C17H20ClN3O3S. The molecule has 0 radical (unpaired) electrons. The summed E-state index contributed by atoms with van der Waals surface area (Å²) in [6, 6.07) is 5.15. The number of rotatable bonds is 6. The highest BCUT2D eigenvalue weighted by Crippen LogP contribution is 2.27. The zero-order valence-corrected chi connectivity index (χ0v) is 15.5. The van der Waals surface area contributed by atoms with Gasteiger partial charge in [0.25, 0.3) is 0 Å². The van der Waals surface area contributed by atoms with Crippen LogP contribution in [-0.2, 0) is 22.5 Å². The third-order valence-corrected chi connectivity index (χ3v) is 5.02. The minimum absolute atomic E-state index is 0.121. The van der Waals surface area contributed by atoms with Crippen molar-refractivity contribution in [2.75, 3.05) is 38.7 Å². The molecule has 1 fully saturated rings. The number of nitrogens with one attached hydrogen (secondary N) is 1. The minimum Gasteiger partial charge on any atom is -0.495 e. The number of carbonyl (C=O) groups is 1. The molecule has 0 bridgehead atoms. The maximum atomic E-state index is 12.2. The molecule has 0 aliphatic carbocycles. The fourth-order valence-corrected chi connectivity index (χ4v) is 3.66. The molecule has 1 aromatic carbocycles. The molecule has 134 valence electrons. The monoisotopic (exact) mass is 381 g/mol. The highest BCUT2D eigenvalue weighted by molar-refractivity contribution is 7.09. The second-order valence-corrected chi connectivity index (χ2v) is 7.05. The van der Waals surface area contributed by atoms with E-state index in [4.69, 9.17) is 21.1 Å². The van der Waals surface area contributed by atoms with E-state index in [-0.39, 0.29) is 12.3 Å². The van der Waals surface area contributed by atoms with Crippen molar-refractivity contribution in [3.05, 3.63) is 39.3 Å². The van der Waals surface area contributed by atoms with Crippen molar-refractivity contribution in [2.45, 2.75) is 13.0 Å². The van der Waals surface area contributed by atoms with Gasteiger partial charge in [0.05, 0.1) is 44.0 Å². The molecule has 0 saturated carbocycles. The van der Waals surface area contributed by atoms with Crippen molar-refractivity contribution in [2.24, 2.45) is 0 Å². The Morgan fingerprint density at radius 3 is 2.96 bits per heavy atom. The summed E-state index contributed by atoms with van der Waals surface area (Å²) < 4.78 is 10.4. The molecule has 1 amide bonds. The van der Waals surface area contributed by atoms with Crippen molar-refractivity contribution >= 4 is 34.5 Å². The lowest BCUT2D eigenvalue weighted by Crippen LogP contribution is -2.35. The number of methoxy groups -OCH3 is 1. The summed E-state index contributed by atoms with van der Waals surface area (Å²) in [5.41, 5.74) is 1.42. The SMILES string of the molecule is COc1ccc(NC(=O)Cc2csc(CN3CCOCC3)n2)cc1Cl. The molecule has 0 spiro atoms. The number of nitrogens with zero attached hydrogens (tertiary/aromatic N) is 2. The summed E-state index contributed by atoms with van der Waals surface area (Å²) in [4.78, 5) is 19.1. The van der Waals surface area contributed by atoms with E-state index in [2.05, 4.69) is 15.2 Å². The molecule has 0 unspecified atom stereocenters. The van der Waals surface area contributed by atoms with E-state index >= 15 is 0 Å². The Balaban J connectivity index is 1.53. The molecule has 1 aliphatic heterocycles. The van der Waals surface area contributed by atoms with Crippen molar-refractivity contribution in [3.63, 3.8) is 0 Å². The maximum Gasteiger partial charge on any atom is 0.230 e. The van der Waals surface area contributed by atoms with Crippen LogP contribution in [0.25, 0.3) is 0 Å². The topological polar surface area (TPSA) is 63.7 Å². The normalized spacial score (nSPS) is 15.1. The molecule has 8 heteroatoms. The largest absolute Gasteiger partial charge is 0.495 e. The average molecular weight is 382 g/mol. The second-order valence-electron chi connectivity index (χ2n) is 5.70. The Labute approximate surface area is 155 Å². The van der Waals surface area contributed by atoms with Gasteiger partial charge in [-0.15, -0.1) is 11.3 Å². The van der Waals surface area contributed by atoms with Gasteiger partial charge in [-0.1, -0.05) is 11.6 Å². The summed E-state index contributed by atoms with van der Waals surface area (Å²) in [7, 11) is 1.55. The van der Waals surface area contributed by atoms with Gasteiger partial charge in [-0.3, -0.25) is 9.69 Å². The Hall–Kier alpha value is -1.67. The van der Waals surface area contributed by atoms with Crippen LogP contribution in [0.5, 0.6) is 5.75 Å². The fourth-order valence-electron chi connectivity index (χ4n) is 2.57. The van der Waals surface area contributed by atoms with Crippen LogP contribution in [0.2, 0.25) is 5.02 Å². The van der Waals surface area contributed by atoms with E-state index in [0.29, 0.717) is 16.5 Å². The lowest BCUT2D eigenvalue weighted by atomic mass is 10.2. The number of hydrogen-bond acceptors (Lipinski definition) is 6. The first-order chi connectivity index (χ1) is 12.1. The van der Waals surface area contributed by atoms with Gasteiger partial charge in [-0.2, -0.15) is 0 Å². The van der Waals surface area contributed by atoms with Crippen LogP contribution in [0.4, 0.5) is 5.69 Å². The molecule has 6 nitrogen and oxygen atoms in total. The van der Waals surface area contributed by atoms with Crippen LogP contribution < -0.4 is 10.1 Å². The molecule has 0 atom stereocenters. The lowest BCUT2D eigenvalue weighted by molar-refractivity contribution is -0.115. The number of halogens is 1. The molecule has 3 rings (SSSR count). The summed E-state index contributed by atoms with van der Waals surface area (Å²) in [5, 5.41) is 6.26. The van der Waals surface area contributed by atoms with Crippen molar-refractivity contribution in [1.82, 2.24) is 9.88 Å². The number of anilines is 1. The van der Waals surface area contributed by atoms with Crippen LogP contribution >= 0.6 is 22.9 Å². The molecular weight excluding hydrogens is 362 g/mol. The molecule has 1 aliphatic rings. The van der Waals surface area contributed by atoms with Crippen LogP contribution in [0.3, 0.4) is 0 Å². The van der Waals surface area contributed by atoms with Gasteiger partial charge in [0.2, 0.25) is 5.91 Å². The Morgan fingerprint density at radius 1 is 1.44 bits per heavy atom. The van der Waals surface area contributed by atoms with Crippen LogP contribution in [0, 0.1) is 0 Å². The lowest BCUT2D eigenvalue weighted by Gasteiger charge is -2.25. The third-order valence-electron chi connectivity index (χ3n) is 3.84. The first kappa shape index (κ1) is 18.1. The predicted octanol–water partition coefficient (Wildman–Crippen LogP) is 2.82. The fraction of sp³-hybridized carbons (Fsp3) is 0.412. The number of amides is 1. The summed E-state index contributed by atoms with van der Waals surface area (Å²) >= 11 is 7.66. The Bertz CT molecular complexity index is 732. The molecule has 1 aromatic heterocycles. The third kappa shape index (κ3) is 5.15. The summed E-state index contributed by atoms with van der Waals surface area (Å²) in [5.74, 6) is 0.455. The number of thiazole rings is 1. The number of morpholine rings is 1. The Morgan fingerprint density at radius 2 is 2.24 bits per heavy atom. The van der Waals surface area contributed by atoms with Gasteiger partial charge < -0.3 is 14.8 Å². The quantitative estimate of drug-likeness (QED) is 0.833. The molecule has 25 heavy (non-hydrogen) atoms. The van der Waals surface area contributed by atoms with E-state index in [0.717, 1.165) is 43.5 Å². The number of aromatic nitrogens is 1. The zero-order chi connectivity index (χ0) is 17.6. The average Bonchev–Trinajstić information content (AvgIpc) is 3.02. The van der Waals surface area contributed by atoms with Crippen LogP contribution in [0.1, 0.15) is 10.7 Å². The number of hydrogen-bond donors (Lipinski definition) is 1. The number of benzene rings is 1. The van der Waals surface area contributed by atoms with Gasteiger partial charge in [-0.25, -0.2) is 4.98 Å². The van der Waals surface area contributed by atoms with Gasteiger partial charge >= 0.3 is 0 Å². The van der Waals surface area contributed by atoms with Crippen molar-refractivity contribution in [3.8, 4) is 5.75 Å². The minimum atomic E-state index is -0.121. The molecule has 2 heterocycles. The smallest absolute Gasteiger partial charge is 0.230 e. The van der Waals surface area contributed by atoms with Gasteiger partial charge in [0.15, 0.2) is 0 Å². The van der Waals surface area contributed by atoms with E-state index < -0.39 is 0 Å². The first-order valence-electron chi connectivity index (χ1n) is 8.01. The summed E-state index contributed by atoms with van der Waals surface area (Å²) in [6.45, 7) is 4.20. The van der Waals surface area contributed by atoms with Gasteiger partial charge in [0.1, 0.15) is 10.8 Å². The molecule has 2 aromatic rings. The second kappa shape index (κ2) is 8.62. The number of carbonyl (C=O) groups excluding carboxylic acids is 1. The van der Waals surface area contributed by atoms with Crippen molar-refractivity contribution < 1.29 is 14.3 Å². The van der Waals surface area contributed by atoms with E-state index in [1.54, 1.807) is 36.6 Å². The highest BCUT2D eigenvalue weighted by atomic mass is 35.5. The first-order valence-corrected chi connectivity index (χ1v) is 9.26. The molecule has 1 saturated heterocycles. The maximum absolute atomic E-state index is 12.2. The van der Waals surface area contributed by atoms with Gasteiger partial charge in [-0.05, 0) is 18.2 Å². The molecule has 1 N–H and O–H groups in total. The van der Waals surface area contributed by atoms with Crippen LogP contribution in [-0.4, -0.2) is 49.2 Å². The van der Waals surface area contributed by atoms with E-state index in [9.17, 15) is 4.79 Å². The Kier molecular flexibility index (Phi) is 6.25. The predicted molar refractivity (Wildman–Crippen MR) is 98.5 cm³/mol. The zero-order valence-electron chi connectivity index (χ0n) is 14.0. The summed E-state index contributed by atoms with van der Waals surface area (Å²) in [6.07, 6.45) is 0.239. The van der Waals surface area contributed by atoms with Crippen LogP contribution in [0.15, 0.2) is 23.6 Å². The highest BCUT2D eigenvalue weighted by Gasteiger charge is 2.14. The van der Waals surface area contributed by atoms with Crippen molar-refractivity contribution in [1.29, 1.82) is 0 Å². The standard InChI is InChI=1S/C17H20ClN3O3S/c1-23-15-3-2-12(8-14(15)18)19-16(22)9-13-11-25-17(20-13)10-21-4-6-24-7-5-21/h2-3,8,11H,4-7,9-10H2,1H3,(H,19,22). The van der Waals surface area contributed by atoms with E-state index in [1.165, 1.54) is 0 Å². The van der Waals surface area contributed by atoms with E-state index in [1.807, 2.05) is 5.38 Å².